The number of likely N-dealkylation sites (tertiary alicyclic amines) is 1. The van der Waals surface area contributed by atoms with Gasteiger partial charge in [0, 0.05) is 24.8 Å². The van der Waals surface area contributed by atoms with Gasteiger partial charge >= 0.3 is 0 Å². The summed E-state index contributed by atoms with van der Waals surface area (Å²) in [6.45, 7) is 10.3. The van der Waals surface area contributed by atoms with E-state index in [4.69, 9.17) is 0 Å². The van der Waals surface area contributed by atoms with Gasteiger partial charge in [0.2, 0.25) is 0 Å². The predicted molar refractivity (Wildman–Crippen MR) is 80.6 cm³/mol. The first-order valence-electron chi connectivity index (χ1n) is 7.72. The number of aromatic nitrogens is 2. The van der Waals surface area contributed by atoms with E-state index >= 15 is 0 Å². The van der Waals surface area contributed by atoms with Crippen LogP contribution in [0.2, 0.25) is 0 Å². The first-order chi connectivity index (χ1) is 9.19. The molecule has 19 heavy (non-hydrogen) atoms. The Hall–Kier alpha value is -1.03. The smallest absolute Gasteiger partial charge is 0.0728 e. The minimum atomic E-state index is 0.435. The normalized spacial score (nSPS) is 21.6. The van der Waals surface area contributed by atoms with Crippen LogP contribution in [-0.2, 0) is 0 Å². The molecule has 1 saturated heterocycles. The summed E-state index contributed by atoms with van der Waals surface area (Å²) in [5.74, 6) is 0. The lowest BCUT2D eigenvalue weighted by atomic mass is 10.1. The molecule has 0 spiro atoms. The second-order valence-electron chi connectivity index (χ2n) is 5.92. The molecule has 1 aliphatic heterocycles. The molecule has 0 amide bonds. The third-order valence-corrected chi connectivity index (χ3v) is 3.86. The number of hydrogen-bond acceptors (Lipinski definition) is 3. The summed E-state index contributed by atoms with van der Waals surface area (Å²) < 4.78 is 2.02. The van der Waals surface area contributed by atoms with Crippen molar-refractivity contribution in [2.75, 3.05) is 25.0 Å². The van der Waals surface area contributed by atoms with Crippen LogP contribution in [0.1, 0.15) is 52.5 Å². The van der Waals surface area contributed by atoms with Gasteiger partial charge in [-0.15, -0.1) is 0 Å². The van der Waals surface area contributed by atoms with Gasteiger partial charge in [0.05, 0.1) is 11.9 Å². The van der Waals surface area contributed by atoms with Crippen molar-refractivity contribution in [1.82, 2.24) is 14.7 Å². The van der Waals surface area contributed by atoms with Gasteiger partial charge in [-0.05, 0) is 52.6 Å². The van der Waals surface area contributed by atoms with E-state index in [2.05, 4.69) is 42.3 Å². The number of anilines is 1. The highest BCUT2D eigenvalue weighted by molar-refractivity contribution is 5.39. The minimum Gasteiger partial charge on any atom is -0.380 e. The Labute approximate surface area is 117 Å². The fourth-order valence-electron chi connectivity index (χ4n) is 2.77. The van der Waals surface area contributed by atoms with Crippen LogP contribution >= 0.6 is 0 Å². The average Bonchev–Trinajstić information content (AvgIpc) is 2.73. The van der Waals surface area contributed by atoms with Crippen LogP contribution in [0.25, 0.3) is 0 Å². The zero-order valence-corrected chi connectivity index (χ0v) is 12.6. The van der Waals surface area contributed by atoms with Crippen LogP contribution in [0, 0.1) is 0 Å². The Balaban J connectivity index is 1.85. The molecule has 0 aromatic carbocycles. The number of hydrogen-bond donors (Lipinski definition) is 1. The van der Waals surface area contributed by atoms with Crippen LogP contribution in [0.15, 0.2) is 12.4 Å². The fourth-order valence-corrected chi connectivity index (χ4v) is 2.77. The van der Waals surface area contributed by atoms with E-state index in [9.17, 15) is 0 Å². The summed E-state index contributed by atoms with van der Waals surface area (Å²) in [6, 6.07) is 1.04. The van der Waals surface area contributed by atoms with E-state index in [1.165, 1.54) is 51.0 Å². The zero-order chi connectivity index (χ0) is 13.7. The standard InChI is InChI=1S/C15H28N4/c1-4-8-18-9-5-6-14(7-10-18)17-15-11-16-19(12-15)13(2)3/h11-14,17H,4-10H2,1-3H3. The lowest BCUT2D eigenvalue weighted by Gasteiger charge is -2.19. The van der Waals surface area contributed by atoms with Crippen molar-refractivity contribution < 1.29 is 0 Å². The summed E-state index contributed by atoms with van der Waals surface area (Å²) in [6.07, 6.45) is 9.16. The molecule has 0 bridgehead atoms. The second-order valence-corrected chi connectivity index (χ2v) is 5.92. The lowest BCUT2D eigenvalue weighted by Crippen LogP contribution is -2.27. The summed E-state index contributed by atoms with van der Waals surface area (Å²) >= 11 is 0. The summed E-state index contributed by atoms with van der Waals surface area (Å²) in [7, 11) is 0. The Kier molecular flexibility index (Phi) is 5.25. The average molecular weight is 264 g/mol. The molecule has 1 fully saturated rings. The lowest BCUT2D eigenvalue weighted by molar-refractivity contribution is 0.285. The SMILES string of the molecule is CCCN1CCCC(Nc2cnn(C(C)C)c2)CC1. The van der Waals surface area contributed by atoms with Crippen molar-refractivity contribution in [1.29, 1.82) is 0 Å². The molecule has 1 atom stereocenters. The first kappa shape index (κ1) is 14.4. The molecular weight excluding hydrogens is 236 g/mol. The highest BCUT2D eigenvalue weighted by Crippen LogP contribution is 2.17. The Bertz CT molecular complexity index is 372. The van der Waals surface area contributed by atoms with E-state index in [-0.39, 0.29) is 0 Å². The predicted octanol–water partition coefficient (Wildman–Crippen LogP) is 3.14. The van der Waals surface area contributed by atoms with Gasteiger partial charge in [0.15, 0.2) is 0 Å². The van der Waals surface area contributed by atoms with Crippen molar-refractivity contribution in [3.63, 3.8) is 0 Å². The fraction of sp³-hybridized carbons (Fsp3) is 0.800. The van der Waals surface area contributed by atoms with E-state index in [0.717, 1.165) is 0 Å². The molecule has 1 N–H and O–H groups in total. The van der Waals surface area contributed by atoms with E-state index in [0.29, 0.717) is 12.1 Å². The molecule has 1 aromatic heterocycles. The van der Waals surface area contributed by atoms with Crippen LogP contribution in [0.4, 0.5) is 5.69 Å². The van der Waals surface area contributed by atoms with Gasteiger partial charge in [0.25, 0.3) is 0 Å². The number of nitrogens with one attached hydrogen (secondary N) is 1. The third kappa shape index (κ3) is 4.23. The largest absolute Gasteiger partial charge is 0.380 e. The van der Waals surface area contributed by atoms with Gasteiger partial charge in [0.1, 0.15) is 0 Å². The van der Waals surface area contributed by atoms with E-state index < -0.39 is 0 Å². The highest BCUT2D eigenvalue weighted by Gasteiger charge is 2.16. The minimum absolute atomic E-state index is 0.435. The Morgan fingerprint density at radius 3 is 2.89 bits per heavy atom. The van der Waals surface area contributed by atoms with Crippen molar-refractivity contribution >= 4 is 5.69 Å². The first-order valence-corrected chi connectivity index (χ1v) is 7.72. The molecule has 2 heterocycles. The molecule has 1 aliphatic rings. The molecule has 4 heteroatoms. The molecule has 4 nitrogen and oxygen atoms in total. The van der Waals surface area contributed by atoms with Gasteiger partial charge in [-0.2, -0.15) is 5.10 Å². The summed E-state index contributed by atoms with van der Waals surface area (Å²) in [5, 5.41) is 8.04. The van der Waals surface area contributed by atoms with Crippen LogP contribution < -0.4 is 5.32 Å². The zero-order valence-electron chi connectivity index (χ0n) is 12.6. The van der Waals surface area contributed by atoms with Crippen molar-refractivity contribution in [2.45, 2.75) is 58.5 Å². The molecule has 1 aromatic rings. The van der Waals surface area contributed by atoms with Crippen LogP contribution in [0.3, 0.4) is 0 Å². The van der Waals surface area contributed by atoms with Crippen molar-refractivity contribution in [3.05, 3.63) is 12.4 Å². The van der Waals surface area contributed by atoms with Gasteiger partial charge in [-0.3, -0.25) is 4.68 Å². The maximum Gasteiger partial charge on any atom is 0.0728 e. The summed E-state index contributed by atoms with van der Waals surface area (Å²) in [5.41, 5.74) is 1.17. The quantitative estimate of drug-likeness (QED) is 0.887. The molecule has 0 radical (unpaired) electrons. The third-order valence-electron chi connectivity index (χ3n) is 3.86. The number of rotatable bonds is 5. The Morgan fingerprint density at radius 2 is 2.21 bits per heavy atom. The molecule has 0 aliphatic carbocycles. The Morgan fingerprint density at radius 1 is 1.37 bits per heavy atom. The van der Waals surface area contributed by atoms with E-state index in [1.807, 2.05) is 10.9 Å². The van der Waals surface area contributed by atoms with Crippen LogP contribution in [-0.4, -0.2) is 40.4 Å². The molecule has 0 saturated carbocycles. The maximum atomic E-state index is 4.39. The molecule has 2 rings (SSSR count). The van der Waals surface area contributed by atoms with Gasteiger partial charge < -0.3 is 10.2 Å². The molecule has 108 valence electrons. The van der Waals surface area contributed by atoms with Crippen molar-refractivity contribution in [3.8, 4) is 0 Å². The highest BCUT2D eigenvalue weighted by atomic mass is 15.3. The molecular formula is C15H28N4. The summed E-state index contributed by atoms with van der Waals surface area (Å²) in [4.78, 5) is 2.60. The van der Waals surface area contributed by atoms with Gasteiger partial charge in [-0.25, -0.2) is 0 Å². The number of nitrogens with zero attached hydrogens (tertiary/aromatic N) is 3. The van der Waals surface area contributed by atoms with E-state index in [1.54, 1.807) is 0 Å². The second kappa shape index (κ2) is 6.94. The maximum absolute atomic E-state index is 4.39. The van der Waals surface area contributed by atoms with Gasteiger partial charge in [-0.1, -0.05) is 6.92 Å². The van der Waals surface area contributed by atoms with Crippen molar-refractivity contribution in [2.24, 2.45) is 0 Å². The monoisotopic (exact) mass is 264 g/mol. The topological polar surface area (TPSA) is 33.1 Å². The molecule has 1 unspecified atom stereocenters. The van der Waals surface area contributed by atoms with Crippen LogP contribution in [0.5, 0.6) is 0 Å².